The number of esters is 3. The largest absolute Gasteiger partial charge is 0.482 e. The van der Waals surface area contributed by atoms with Crippen LogP contribution in [-0.2, 0) is 23.8 Å². The number of rotatable bonds is 7. The molecule has 0 saturated heterocycles. The Morgan fingerprint density at radius 3 is 2.46 bits per heavy atom. The number of hydrogen-bond donors (Lipinski definition) is 1. The Labute approximate surface area is 287 Å². The first-order chi connectivity index (χ1) is 23.7. The summed E-state index contributed by atoms with van der Waals surface area (Å²) >= 11 is 0. The lowest BCUT2D eigenvalue weighted by Gasteiger charge is -2.66. The van der Waals surface area contributed by atoms with E-state index in [0.717, 1.165) is 0 Å². The van der Waals surface area contributed by atoms with Gasteiger partial charge in [-0.3, -0.25) is 14.6 Å². The van der Waals surface area contributed by atoms with Gasteiger partial charge in [0.15, 0.2) is 0 Å². The number of aliphatic hydroxyl groups is 1. The van der Waals surface area contributed by atoms with Crippen LogP contribution < -0.4 is 10.4 Å². The summed E-state index contributed by atoms with van der Waals surface area (Å²) in [6, 6.07) is 10.8. The monoisotopic (exact) mass is 686 g/mol. The Morgan fingerprint density at radius 2 is 1.82 bits per heavy atom. The van der Waals surface area contributed by atoms with Crippen molar-refractivity contribution in [2.24, 2.45) is 27.8 Å². The number of hydrogen-bond acceptors (Lipinski definition) is 12. The predicted molar refractivity (Wildman–Crippen MR) is 176 cm³/mol. The van der Waals surface area contributed by atoms with Crippen molar-refractivity contribution in [1.29, 1.82) is 0 Å². The molecule has 3 unspecified atom stereocenters. The van der Waals surface area contributed by atoms with Crippen LogP contribution in [0.2, 0.25) is 0 Å². The molecule has 50 heavy (non-hydrogen) atoms. The normalized spacial score (nSPS) is 31.0. The third kappa shape index (κ3) is 5.88. The molecule has 3 heterocycles. The second-order valence-corrected chi connectivity index (χ2v) is 14.0. The highest BCUT2D eigenvalue weighted by Gasteiger charge is 2.71. The molecule has 14 heteroatoms. The minimum atomic E-state index is -1.43. The van der Waals surface area contributed by atoms with Gasteiger partial charge in [-0.1, -0.05) is 31.1 Å². The van der Waals surface area contributed by atoms with Gasteiger partial charge in [0.1, 0.15) is 41.5 Å². The molecule has 14 nitrogen and oxygen atoms in total. The highest BCUT2D eigenvalue weighted by atomic mass is 16.6. The number of ether oxygens (including phenoxy) is 4. The zero-order chi connectivity index (χ0) is 36.0. The standard InChI is InChI=1S/C36H38N4O10/c1-19(41)46-18-35(4)26-16-28(49-32(44)21-8-10-23(11-9-21)39-40-37)36(5)31(34(26,3)13-12-27(35)47-20(2)42)30(43)29-25(50-36)15-24(48-33(29)45)22-7-6-14-38-17-22/h6-11,14-15,17,26-28,30-31,43H,12-13,16,18H2,1-5H3/t26?,27-,28-,30-,31?,34-,35?,36+/m0/s1. The van der Waals surface area contributed by atoms with Crippen molar-refractivity contribution in [2.75, 3.05) is 6.61 Å². The van der Waals surface area contributed by atoms with Crippen LogP contribution in [0.15, 0.2) is 69.2 Å². The van der Waals surface area contributed by atoms with Crippen molar-refractivity contribution < 1.29 is 42.9 Å². The molecule has 3 aliphatic rings. The number of pyridine rings is 1. The van der Waals surface area contributed by atoms with Crippen LogP contribution >= 0.6 is 0 Å². The average molecular weight is 687 g/mol. The van der Waals surface area contributed by atoms with Gasteiger partial charge in [0.05, 0.1) is 11.7 Å². The number of benzene rings is 1. The molecule has 1 aromatic carbocycles. The summed E-state index contributed by atoms with van der Waals surface area (Å²) in [5, 5.41) is 15.9. The molecule has 8 atom stereocenters. The third-order valence-corrected chi connectivity index (χ3v) is 10.9. The fourth-order valence-electron chi connectivity index (χ4n) is 8.75. The third-order valence-electron chi connectivity index (χ3n) is 10.9. The van der Waals surface area contributed by atoms with Crippen LogP contribution in [0.1, 0.15) is 75.9 Å². The minimum absolute atomic E-state index is 0.0653. The highest BCUT2D eigenvalue weighted by Crippen LogP contribution is 2.67. The zero-order valence-electron chi connectivity index (χ0n) is 28.3. The molecule has 0 bridgehead atoms. The maximum absolute atomic E-state index is 13.8. The first-order valence-electron chi connectivity index (χ1n) is 16.3. The average Bonchev–Trinajstić information content (AvgIpc) is 3.06. The van der Waals surface area contributed by atoms with Gasteiger partial charge in [-0.05, 0) is 67.3 Å². The molecule has 1 aliphatic heterocycles. The second kappa shape index (κ2) is 12.9. The first-order valence-corrected chi connectivity index (χ1v) is 16.3. The van der Waals surface area contributed by atoms with Crippen molar-refractivity contribution in [2.45, 2.75) is 77.8 Å². The molecule has 2 saturated carbocycles. The number of aromatic nitrogens is 1. The molecular weight excluding hydrogens is 648 g/mol. The summed E-state index contributed by atoms with van der Waals surface area (Å²) in [4.78, 5) is 58.8. The molecule has 0 spiro atoms. The molecule has 2 aromatic heterocycles. The summed E-state index contributed by atoms with van der Waals surface area (Å²) in [7, 11) is 0. The van der Waals surface area contributed by atoms with Crippen molar-refractivity contribution in [3.8, 4) is 17.1 Å². The van der Waals surface area contributed by atoms with Gasteiger partial charge in [-0.15, -0.1) is 0 Å². The van der Waals surface area contributed by atoms with Crippen LogP contribution in [0.5, 0.6) is 5.75 Å². The van der Waals surface area contributed by atoms with E-state index in [4.69, 9.17) is 28.9 Å². The molecule has 2 aliphatic carbocycles. The fourth-order valence-corrected chi connectivity index (χ4v) is 8.75. The van der Waals surface area contributed by atoms with E-state index in [-0.39, 0.29) is 35.7 Å². The van der Waals surface area contributed by atoms with Gasteiger partial charge in [0.2, 0.25) is 0 Å². The second-order valence-electron chi connectivity index (χ2n) is 14.0. The van der Waals surface area contributed by atoms with Crippen LogP contribution in [0.4, 0.5) is 5.69 Å². The Balaban J connectivity index is 1.49. The summed E-state index contributed by atoms with van der Waals surface area (Å²) in [5.41, 5.74) is 5.72. The van der Waals surface area contributed by atoms with E-state index < -0.39 is 70.1 Å². The van der Waals surface area contributed by atoms with Crippen LogP contribution in [0.3, 0.4) is 0 Å². The molecular formula is C36H38N4O10. The van der Waals surface area contributed by atoms with Crippen LogP contribution in [-0.4, -0.2) is 52.4 Å². The fraction of sp³-hybridized carbons (Fsp3) is 0.472. The number of carbonyl (C=O) groups is 3. The Kier molecular flexibility index (Phi) is 8.96. The summed E-state index contributed by atoms with van der Waals surface area (Å²) in [6.45, 7) is 8.08. The molecule has 0 radical (unpaired) electrons. The van der Waals surface area contributed by atoms with Gasteiger partial charge in [0, 0.05) is 59.8 Å². The van der Waals surface area contributed by atoms with E-state index >= 15 is 0 Å². The smallest absolute Gasteiger partial charge is 0.345 e. The quantitative estimate of drug-likeness (QED) is 0.101. The van der Waals surface area contributed by atoms with Gasteiger partial charge >= 0.3 is 23.5 Å². The van der Waals surface area contributed by atoms with E-state index in [1.54, 1.807) is 25.3 Å². The number of aliphatic hydroxyl groups excluding tert-OH is 1. The van der Waals surface area contributed by atoms with E-state index in [1.165, 1.54) is 50.4 Å². The minimum Gasteiger partial charge on any atom is -0.482 e. The van der Waals surface area contributed by atoms with Crippen molar-refractivity contribution in [3.63, 3.8) is 0 Å². The first kappa shape index (κ1) is 34.7. The molecule has 262 valence electrons. The van der Waals surface area contributed by atoms with Gasteiger partial charge < -0.3 is 28.5 Å². The lowest BCUT2D eigenvalue weighted by atomic mass is 9.42. The SMILES string of the molecule is CC(=O)OCC1(C)C2C[C@H](OC(=O)c3ccc(N=[N+]=[N-])cc3)[C@@]3(C)Oc4cc(-c5cccnc5)oc(=O)c4[C@H](O)C3[C@@]2(C)CC[C@@H]1OC(C)=O. The number of fused-ring (bicyclic) bond motifs is 4. The molecule has 3 aromatic rings. The number of azide groups is 1. The van der Waals surface area contributed by atoms with E-state index in [9.17, 15) is 24.3 Å². The number of nitrogens with zero attached hydrogens (tertiary/aromatic N) is 4. The maximum Gasteiger partial charge on any atom is 0.345 e. The van der Waals surface area contributed by atoms with Crippen molar-refractivity contribution >= 4 is 23.6 Å². The molecule has 2 fully saturated rings. The lowest BCUT2D eigenvalue weighted by molar-refractivity contribution is -0.266. The van der Waals surface area contributed by atoms with Gasteiger partial charge in [-0.25, -0.2) is 9.59 Å². The van der Waals surface area contributed by atoms with E-state index in [0.29, 0.717) is 24.1 Å². The highest BCUT2D eigenvalue weighted by molar-refractivity contribution is 5.90. The number of carbonyl (C=O) groups excluding carboxylic acids is 3. The molecule has 6 rings (SSSR count). The Morgan fingerprint density at radius 1 is 1.08 bits per heavy atom. The van der Waals surface area contributed by atoms with E-state index in [2.05, 4.69) is 15.0 Å². The van der Waals surface area contributed by atoms with Crippen molar-refractivity contribution in [1.82, 2.24) is 4.98 Å². The summed E-state index contributed by atoms with van der Waals surface area (Å²) in [6.07, 6.45) is 0.953. The van der Waals surface area contributed by atoms with Gasteiger partial charge in [0.25, 0.3) is 0 Å². The lowest BCUT2D eigenvalue weighted by Crippen LogP contribution is -2.71. The van der Waals surface area contributed by atoms with Crippen LogP contribution in [0, 0.1) is 22.7 Å². The molecule has 0 amide bonds. The van der Waals surface area contributed by atoms with Gasteiger partial charge in [-0.2, -0.15) is 0 Å². The Bertz CT molecular complexity index is 1930. The van der Waals surface area contributed by atoms with Crippen molar-refractivity contribution in [3.05, 3.63) is 86.8 Å². The maximum atomic E-state index is 13.8. The predicted octanol–water partition coefficient (Wildman–Crippen LogP) is 5.99. The van der Waals surface area contributed by atoms with E-state index in [1.807, 2.05) is 13.8 Å². The topological polar surface area (TPSA) is 200 Å². The summed E-state index contributed by atoms with van der Waals surface area (Å²) in [5.74, 6) is -2.80. The Hall–Kier alpha value is -5.20. The zero-order valence-corrected chi connectivity index (χ0v) is 28.3. The van der Waals surface area contributed by atoms with Crippen LogP contribution in [0.25, 0.3) is 21.8 Å². The summed E-state index contributed by atoms with van der Waals surface area (Å²) < 4.78 is 30.2. The molecule has 1 N–H and O–H groups in total.